The number of carbonyl (C=O) groups excluding carboxylic acids is 2. The van der Waals surface area contributed by atoms with Crippen molar-refractivity contribution in [3.8, 4) is 0 Å². The van der Waals surface area contributed by atoms with Gasteiger partial charge in [0.05, 0.1) is 5.41 Å². The van der Waals surface area contributed by atoms with E-state index in [1.54, 1.807) is 0 Å². The lowest BCUT2D eigenvalue weighted by Gasteiger charge is -2.44. The Balaban J connectivity index is 1.96. The zero-order chi connectivity index (χ0) is 12.5. The molecule has 2 heteroatoms. The second-order valence-electron chi connectivity index (χ2n) is 6.84. The number of hydrogen-bond donors (Lipinski definition) is 0. The van der Waals surface area contributed by atoms with Crippen molar-refractivity contribution in [3.63, 3.8) is 0 Å². The highest BCUT2D eigenvalue weighted by Gasteiger charge is 2.74. The second-order valence-corrected chi connectivity index (χ2v) is 6.84. The van der Waals surface area contributed by atoms with E-state index in [1.807, 2.05) is 0 Å². The molecule has 3 fully saturated rings. The third kappa shape index (κ3) is 0.886. The van der Waals surface area contributed by atoms with Gasteiger partial charge in [0.15, 0.2) is 0 Å². The van der Waals surface area contributed by atoms with Gasteiger partial charge in [-0.15, -0.1) is 0 Å². The predicted octanol–water partition coefficient (Wildman–Crippen LogP) is 2.92. The van der Waals surface area contributed by atoms with Gasteiger partial charge in [-0.1, -0.05) is 19.1 Å². The molecule has 0 saturated heterocycles. The van der Waals surface area contributed by atoms with Gasteiger partial charge in [0, 0.05) is 18.8 Å². The van der Waals surface area contributed by atoms with Crippen LogP contribution in [0.25, 0.3) is 0 Å². The Morgan fingerprint density at radius 3 is 2.83 bits per heavy atom. The molecule has 0 aromatic rings. The Morgan fingerprint density at radius 1 is 1.17 bits per heavy atom. The van der Waals surface area contributed by atoms with Crippen LogP contribution in [0.3, 0.4) is 0 Å². The SMILES string of the molecule is C[C@@H]1C(=O)C[C@H]2CC(=O)[C@]34C=CCC[C@H]3CC[C@@]214. The van der Waals surface area contributed by atoms with Crippen LogP contribution in [-0.2, 0) is 9.59 Å². The predicted molar refractivity (Wildman–Crippen MR) is 67.9 cm³/mol. The molecule has 0 heterocycles. The van der Waals surface area contributed by atoms with E-state index in [2.05, 4.69) is 19.1 Å². The quantitative estimate of drug-likeness (QED) is 0.614. The number of ketones is 2. The Kier molecular flexibility index (Phi) is 1.92. The van der Waals surface area contributed by atoms with E-state index in [-0.39, 0.29) is 16.7 Å². The van der Waals surface area contributed by atoms with Gasteiger partial charge < -0.3 is 0 Å². The first kappa shape index (κ1) is 11.0. The minimum atomic E-state index is -0.249. The van der Waals surface area contributed by atoms with Gasteiger partial charge in [-0.3, -0.25) is 9.59 Å². The smallest absolute Gasteiger partial charge is 0.143 e. The molecule has 0 bridgehead atoms. The average Bonchev–Trinajstić information content (AvgIpc) is 2.90. The lowest BCUT2D eigenvalue weighted by molar-refractivity contribution is -0.131. The van der Waals surface area contributed by atoms with Crippen LogP contribution in [0.2, 0.25) is 0 Å². The topological polar surface area (TPSA) is 34.1 Å². The largest absolute Gasteiger partial charge is 0.299 e. The van der Waals surface area contributed by atoms with E-state index in [9.17, 15) is 9.59 Å². The van der Waals surface area contributed by atoms with Gasteiger partial charge in [-0.2, -0.15) is 0 Å². The van der Waals surface area contributed by atoms with Crippen LogP contribution in [0.4, 0.5) is 0 Å². The molecule has 0 unspecified atom stereocenters. The summed E-state index contributed by atoms with van der Waals surface area (Å²) >= 11 is 0. The fraction of sp³-hybridized carbons (Fsp3) is 0.750. The van der Waals surface area contributed by atoms with E-state index in [1.165, 1.54) is 0 Å². The van der Waals surface area contributed by atoms with E-state index < -0.39 is 0 Å². The first-order valence-electron chi connectivity index (χ1n) is 7.36. The highest BCUT2D eigenvalue weighted by Crippen LogP contribution is 2.74. The van der Waals surface area contributed by atoms with Crippen molar-refractivity contribution in [1.82, 2.24) is 0 Å². The number of carbonyl (C=O) groups is 2. The van der Waals surface area contributed by atoms with Crippen molar-refractivity contribution in [3.05, 3.63) is 12.2 Å². The molecule has 0 N–H and O–H groups in total. The van der Waals surface area contributed by atoms with Crippen LogP contribution in [-0.4, -0.2) is 11.6 Å². The molecule has 0 aliphatic heterocycles. The highest BCUT2D eigenvalue weighted by molar-refractivity contribution is 5.97. The third-order valence-corrected chi connectivity index (χ3v) is 6.71. The average molecular weight is 244 g/mol. The van der Waals surface area contributed by atoms with Crippen LogP contribution in [0, 0.1) is 28.6 Å². The van der Waals surface area contributed by atoms with Gasteiger partial charge >= 0.3 is 0 Å². The van der Waals surface area contributed by atoms with Crippen LogP contribution in [0.1, 0.15) is 45.4 Å². The van der Waals surface area contributed by atoms with Gasteiger partial charge in [0.25, 0.3) is 0 Å². The summed E-state index contributed by atoms with van der Waals surface area (Å²) in [6.45, 7) is 2.09. The molecule has 18 heavy (non-hydrogen) atoms. The minimum absolute atomic E-state index is 0.00273. The molecule has 0 radical (unpaired) electrons. The fourth-order valence-electron chi connectivity index (χ4n) is 6.04. The molecule has 0 aromatic heterocycles. The number of Topliss-reactive ketones (excluding diaryl/α,β-unsaturated/α-hetero) is 2. The van der Waals surface area contributed by atoms with E-state index in [0.717, 1.165) is 25.7 Å². The summed E-state index contributed by atoms with van der Waals surface area (Å²) in [7, 11) is 0. The second kappa shape index (κ2) is 3.15. The molecule has 4 aliphatic carbocycles. The maximum Gasteiger partial charge on any atom is 0.143 e. The Labute approximate surface area is 108 Å². The summed E-state index contributed by atoms with van der Waals surface area (Å²) in [6.07, 6.45) is 10.3. The minimum Gasteiger partial charge on any atom is -0.299 e. The van der Waals surface area contributed by atoms with E-state index in [4.69, 9.17) is 0 Å². The standard InChI is InChI=1S/C16H20O2/c1-10-13(17)8-12-9-14(18)16-6-3-2-4-11(16)5-7-15(10,12)16/h3,6,10-12H,2,4-5,7-9H2,1H3/t10-,11+,12+,15+,16+/m1/s1. The van der Waals surface area contributed by atoms with Crippen LogP contribution >= 0.6 is 0 Å². The zero-order valence-corrected chi connectivity index (χ0v) is 10.9. The van der Waals surface area contributed by atoms with E-state index in [0.29, 0.717) is 36.2 Å². The third-order valence-electron chi connectivity index (χ3n) is 6.71. The summed E-state index contributed by atoms with van der Waals surface area (Å²) in [5.41, 5.74) is -0.246. The summed E-state index contributed by atoms with van der Waals surface area (Å²) in [6, 6.07) is 0. The molecule has 2 spiro atoms. The van der Waals surface area contributed by atoms with Crippen molar-refractivity contribution >= 4 is 11.6 Å². The van der Waals surface area contributed by atoms with Crippen molar-refractivity contribution in [2.75, 3.05) is 0 Å². The molecule has 0 amide bonds. The van der Waals surface area contributed by atoms with Gasteiger partial charge in [-0.25, -0.2) is 0 Å². The Morgan fingerprint density at radius 2 is 2.00 bits per heavy atom. The fourth-order valence-corrected chi connectivity index (χ4v) is 6.04. The van der Waals surface area contributed by atoms with Crippen molar-refractivity contribution in [1.29, 1.82) is 0 Å². The lowest BCUT2D eigenvalue weighted by atomic mass is 9.57. The van der Waals surface area contributed by atoms with Crippen LogP contribution in [0.5, 0.6) is 0 Å². The maximum atomic E-state index is 12.7. The number of hydrogen-bond acceptors (Lipinski definition) is 2. The number of allylic oxidation sites excluding steroid dienone is 2. The summed E-state index contributed by atoms with van der Waals surface area (Å²) in [4.78, 5) is 24.9. The van der Waals surface area contributed by atoms with Crippen LogP contribution < -0.4 is 0 Å². The lowest BCUT2D eigenvalue weighted by Crippen LogP contribution is -2.46. The molecular formula is C16H20O2. The summed E-state index contributed by atoms with van der Waals surface area (Å²) in [5, 5.41) is 0. The zero-order valence-electron chi connectivity index (χ0n) is 10.9. The van der Waals surface area contributed by atoms with Crippen LogP contribution in [0.15, 0.2) is 12.2 Å². The molecule has 3 saturated carbocycles. The van der Waals surface area contributed by atoms with Gasteiger partial charge in [0.2, 0.25) is 0 Å². The van der Waals surface area contributed by atoms with Gasteiger partial charge in [0.1, 0.15) is 11.6 Å². The first-order chi connectivity index (χ1) is 8.63. The molecule has 2 nitrogen and oxygen atoms in total. The molecule has 0 aromatic carbocycles. The maximum absolute atomic E-state index is 12.7. The van der Waals surface area contributed by atoms with Gasteiger partial charge in [-0.05, 0) is 42.9 Å². The summed E-state index contributed by atoms with van der Waals surface area (Å²) in [5.74, 6) is 1.83. The highest BCUT2D eigenvalue weighted by atomic mass is 16.1. The molecular weight excluding hydrogens is 224 g/mol. The Bertz CT molecular complexity index is 477. The number of rotatable bonds is 0. The first-order valence-corrected chi connectivity index (χ1v) is 7.36. The molecule has 96 valence electrons. The summed E-state index contributed by atoms with van der Waals surface area (Å²) < 4.78 is 0. The monoisotopic (exact) mass is 244 g/mol. The molecule has 5 atom stereocenters. The molecule has 4 rings (SSSR count). The van der Waals surface area contributed by atoms with E-state index >= 15 is 0 Å². The Hall–Kier alpha value is -0.920. The van der Waals surface area contributed by atoms with Crippen molar-refractivity contribution in [2.24, 2.45) is 28.6 Å². The normalized spacial score (nSPS) is 53.5. The van der Waals surface area contributed by atoms with Crippen molar-refractivity contribution in [2.45, 2.75) is 45.4 Å². The van der Waals surface area contributed by atoms with Crippen molar-refractivity contribution < 1.29 is 9.59 Å². The molecule has 4 aliphatic rings.